The predicted molar refractivity (Wildman–Crippen MR) is 211 cm³/mol. The fourth-order valence-corrected chi connectivity index (χ4v) is 10.1. The SMILES string of the molecule is CCOC(=O)C(C)OP(=O)(COc1ccc(C[C@H](NC(=O)O[C@H]2CO[C@H]3OCC[C@H]32)[C@H](O)CN(CC(C)C)S(=O)(=O)c2ccc(OC)cc2)cc1)ON1CCCCC1. The van der Waals surface area contributed by atoms with Crippen molar-refractivity contribution in [3.05, 3.63) is 54.1 Å². The number of nitrogens with zero attached hydrogens (tertiary/aromatic N) is 2. The third-order valence-electron chi connectivity index (χ3n) is 9.93. The number of carbonyl (C=O) groups is 2. The van der Waals surface area contributed by atoms with Gasteiger partial charge in [-0.3, -0.25) is 9.09 Å². The molecular weight excluding hydrogens is 797 g/mol. The van der Waals surface area contributed by atoms with E-state index >= 15 is 0 Å². The maximum absolute atomic E-state index is 13.9. The number of nitrogens with one attached hydrogen (secondary N) is 1. The van der Waals surface area contributed by atoms with Crippen molar-refractivity contribution in [2.45, 2.75) is 95.3 Å². The zero-order valence-electron chi connectivity index (χ0n) is 33.9. The van der Waals surface area contributed by atoms with E-state index in [9.17, 15) is 27.7 Å². The number of esters is 1. The molecule has 3 saturated heterocycles. The van der Waals surface area contributed by atoms with Crippen molar-refractivity contribution >= 4 is 29.7 Å². The number of amides is 1. The van der Waals surface area contributed by atoms with Crippen LogP contribution in [0.25, 0.3) is 0 Å². The number of fused-ring (bicyclic) bond motifs is 1. The number of carbonyl (C=O) groups excluding carboxylic acids is 2. The summed E-state index contributed by atoms with van der Waals surface area (Å²) in [5.74, 6) is -0.0769. The number of alkyl carbamates (subject to hydrolysis) is 1. The lowest BCUT2D eigenvalue weighted by molar-refractivity contribution is -0.152. The fourth-order valence-electron chi connectivity index (χ4n) is 6.93. The Morgan fingerprint density at radius 3 is 2.34 bits per heavy atom. The number of ether oxygens (including phenoxy) is 6. The molecule has 324 valence electrons. The van der Waals surface area contributed by atoms with E-state index in [0.29, 0.717) is 43.2 Å². The van der Waals surface area contributed by atoms with Gasteiger partial charge in [0.1, 0.15) is 17.6 Å². The van der Waals surface area contributed by atoms with E-state index in [1.165, 1.54) is 30.5 Å². The molecule has 0 spiro atoms. The van der Waals surface area contributed by atoms with Gasteiger partial charge >= 0.3 is 19.7 Å². The molecule has 58 heavy (non-hydrogen) atoms. The number of hydrogen-bond acceptors (Lipinski definition) is 15. The molecule has 0 bridgehead atoms. The first-order valence-corrected chi connectivity index (χ1v) is 23.0. The second kappa shape index (κ2) is 21.3. The minimum Gasteiger partial charge on any atom is -0.497 e. The van der Waals surface area contributed by atoms with Crippen molar-refractivity contribution in [3.63, 3.8) is 0 Å². The number of rotatable bonds is 21. The van der Waals surface area contributed by atoms with E-state index in [1.54, 1.807) is 48.4 Å². The predicted octanol–water partition coefficient (Wildman–Crippen LogP) is 4.72. The Morgan fingerprint density at radius 2 is 1.69 bits per heavy atom. The lowest BCUT2D eigenvalue weighted by Crippen LogP contribution is -2.51. The van der Waals surface area contributed by atoms with E-state index < -0.39 is 66.7 Å². The average Bonchev–Trinajstić information content (AvgIpc) is 3.82. The highest BCUT2D eigenvalue weighted by Crippen LogP contribution is 2.50. The maximum atomic E-state index is 13.9. The second-order valence-electron chi connectivity index (χ2n) is 15.0. The summed E-state index contributed by atoms with van der Waals surface area (Å²) in [6.45, 7) is 8.51. The topological polar surface area (TPSA) is 198 Å². The molecule has 2 unspecified atom stereocenters. The summed E-state index contributed by atoms with van der Waals surface area (Å²) in [7, 11) is -6.59. The van der Waals surface area contributed by atoms with Crippen LogP contribution in [0.5, 0.6) is 11.5 Å². The maximum Gasteiger partial charge on any atom is 0.407 e. The van der Waals surface area contributed by atoms with Crippen LogP contribution in [-0.4, -0.2) is 125 Å². The lowest BCUT2D eigenvalue weighted by Gasteiger charge is -2.31. The lowest BCUT2D eigenvalue weighted by atomic mass is 10.0. The Bertz CT molecular complexity index is 1780. The number of hydroxylamine groups is 2. The quantitative estimate of drug-likeness (QED) is 0.129. The summed E-state index contributed by atoms with van der Waals surface area (Å²) in [6.07, 6.45) is -1.34. The smallest absolute Gasteiger partial charge is 0.407 e. The molecule has 17 nitrogen and oxygen atoms in total. The number of sulfonamides is 1. The normalized spacial score (nSPS) is 22.4. The molecule has 3 aliphatic rings. The molecule has 19 heteroatoms. The Balaban J connectivity index is 1.31. The first-order valence-electron chi connectivity index (χ1n) is 19.8. The van der Waals surface area contributed by atoms with Gasteiger partial charge in [0.25, 0.3) is 0 Å². The summed E-state index contributed by atoms with van der Waals surface area (Å²) >= 11 is 0. The van der Waals surface area contributed by atoms with E-state index in [0.717, 1.165) is 19.3 Å². The van der Waals surface area contributed by atoms with Gasteiger partial charge in [-0.2, -0.15) is 9.37 Å². The molecule has 0 aliphatic carbocycles. The fraction of sp³-hybridized carbons (Fsp3) is 0.641. The van der Waals surface area contributed by atoms with Crippen LogP contribution in [0.15, 0.2) is 53.4 Å². The molecule has 5 rings (SSSR count). The minimum absolute atomic E-state index is 0.0295. The van der Waals surface area contributed by atoms with E-state index in [2.05, 4.69) is 5.32 Å². The number of methoxy groups -OCH3 is 1. The number of benzene rings is 2. The molecular formula is C39H58N3O14PS. The van der Waals surface area contributed by atoms with Crippen LogP contribution < -0.4 is 14.8 Å². The molecule has 2 N–H and O–H groups in total. The monoisotopic (exact) mass is 855 g/mol. The summed E-state index contributed by atoms with van der Waals surface area (Å²) in [4.78, 5) is 25.7. The Morgan fingerprint density at radius 1 is 1.00 bits per heavy atom. The molecule has 0 saturated carbocycles. The third kappa shape index (κ3) is 12.8. The molecule has 7 atom stereocenters. The zero-order valence-corrected chi connectivity index (χ0v) is 35.6. The van der Waals surface area contributed by atoms with Crippen LogP contribution in [0.3, 0.4) is 0 Å². The van der Waals surface area contributed by atoms with Gasteiger partial charge < -0.3 is 38.8 Å². The van der Waals surface area contributed by atoms with Gasteiger partial charge in [0.2, 0.25) is 10.0 Å². The standard InChI is InChI=1S/C39H58N3O14PS/c1-6-50-37(44)28(4)55-57(46,56-41-19-8-7-9-20-41)26-53-31-12-10-29(11-13-31)22-34(40-39(45)54-36-25-52-38-33(36)18-21-51-38)35(43)24-42(23-27(2)3)58(47,48)32-16-14-30(49-5)15-17-32/h10-17,27-28,33-36,38,43H,6-9,18-26H2,1-5H3,(H,40,45)/t28?,33-,34-,35+,36-,38+,57?/m0/s1. The molecule has 0 aromatic heterocycles. The Kier molecular flexibility index (Phi) is 16.8. The van der Waals surface area contributed by atoms with E-state index in [1.807, 2.05) is 13.8 Å². The van der Waals surface area contributed by atoms with Crippen LogP contribution in [0.1, 0.15) is 58.9 Å². The van der Waals surface area contributed by atoms with Crippen molar-refractivity contribution in [1.82, 2.24) is 14.7 Å². The summed E-state index contributed by atoms with van der Waals surface area (Å²) in [5, 5.41) is 16.1. The molecule has 3 heterocycles. The van der Waals surface area contributed by atoms with Crippen molar-refractivity contribution in [2.75, 3.05) is 59.5 Å². The molecule has 1 amide bonds. The van der Waals surface area contributed by atoms with Gasteiger partial charge in [-0.1, -0.05) is 32.4 Å². The Hall–Kier alpha value is -3.32. The van der Waals surface area contributed by atoms with Gasteiger partial charge in [0.05, 0.1) is 49.9 Å². The van der Waals surface area contributed by atoms with Crippen LogP contribution in [0, 0.1) is 11.8 Å². The zero-order chi connectivity index (χ0) is 41.9. The largest absolute Gasteiger partial charge is 0.497 e. The second-order valence-corrected chi connectivity index (χ2v) is 18.8. The van der Waals surface area contributed by atoms with Crippen molar-refractivity contribution in [1.29, 1.82) is 0 Å². The van der Waals surface area contributed by atoms with Gasteiger partial charge in [-0.05, 0) is 87.4 Å². The third-order valence-corrected chi connectivity index (χ3v) is 13.3. The van der Waals surface area contributed by atoms with E-state index in [-0.39, 0.29) is 49.5 Å². The van der Waals surface area contributed by atoms with Crippen LogP contribution in [-0.2, 0) is 53.9 Å². The molecule has 2 aromatic rings. The molecule has 3 fully saturated rings. The van der Waals surface area contributed by atoms with Crippen LogP contribution in [0.2, 0.25) is 0 Å². The summed E-state index contributed by atoms with van der Waals surface area (Å²) in [5.41, 5.74) is 0.651. The van der Waals surface area contributed by atoms with Gasteiger partial charge in [-0.15, -0.1) is 0 Å². The van der Waals surface area contributed by atoms with Crippen molar-refractivity contribution < 1.29 is 65.2 Å². The highest BCUT2D eigenvalue weighted by molar-refractivity contribution is 7.89. The Labute approximate surface area is 341 Å². The molecule has 2 aromatic carbocycles. The molecule has 0 radical (unpaired) electrons. The average molecular weight is 856 g/mol. The summed E-state index contributed by atoms with van der Waals surface area (Å²) < 4.78 is 87.4. The number of aliphatic hydroxyl groups excluding tert-OH is 1. The summed E-state index contributed by atoms with van der Waals surface area (Å²) in [6, 6.07) is 11.6. The van der Waals surface area contributed by atoms with Gasteiger partial charge in [0.15, 0.2) is 18.7 Å². The van der Waals surface area contributed by atoms with Crippen molar-refractivity contribution in [3.8, 4) is 11.5 Å². The number of hydrogen-bond donors (Lipinski definition) is 2. The minimum atomic E-state index is -4.07. The van der Waals surface area contributed by atoms with E-state index in [4.69, 9.17) is 37.6 Å². The van der Waals surface area contributed by atoms with Gasteiger partial charge in [0, 0.05) is 26.2 Å². The highest BCUT2D eigenvalue weighted by Gasteiger charge is 2.44. The highest BCUT2D eigenvalue weighted by atomic mass is 32.2. The molecule has 3 aliphatic heterocycles. The van der Waals surface area contributed by atoms with Crippen molar-refractivity contribution in [2.24, 2.45) is 11.8 Å². The first kappa shape index (κ1) is 45.8. The number of aliphatic hydroxyl groups is 1. The van der Waals surface area contributed by atoms with Gasteiger partial charge in [-0.25, -0.2) is 22.6 Å². The first-order chi connectivity index (χ1) is 27.7. The van der Waals surface area contributed by atoms with Crippen LogP contribution in [0.4, 0.5) is 4.79 Å². The number of piperidine rings is 1. The van der Waals surface area contributed by atoms with Crippen LogP contribution >= 0.6 is 7.60 Å².